The van der Waals surface area contributed by atoms with Crippen molar-refractivity contribution in [2.75, 3.05) is 0 Å². The number of benzene rings is 3. The molecule has 18 heavy (non-hydrogen) atoms. The summed E-state index contributed by atoms with van der Waals surface area (Å²) in [6.45, 7) is 0. The molecule has 0 bridgehead atoms. The van der Waals surface area contributed by atoms with E-state index >= 15 is 0 Å². The average Bonchev–Trinajstić information content (AvgIpc) is 2.47. The smallest absolute Gasteiger partial charge is 0.0283 e. The van der Waals surface area contributed by atoms with Crippen LogP contribution < -0.4 is 0 Å². The van der Waals surface area contributed by atoms with Gasteiger partial charge >= 0.3 is 0 Å². The summed E-state index contributed by atoms with van der Waals surface area (Å²) in [5.41, 5.74) is 3.85. The largest absolute Gasteiger partial charge is 0.0876 e. The SMILES string of the molecule is BrCc1ccc2ccc(-c3ccccc3)cc2c1. The predicted octanol–water partition coefficient (Wildman–Crippen LogP) is 5.40. The van der Waals surface area contributed by atoms with E-state index in [9.17, 15) is 0 Å². The molecule has 0 N–H and O–H groups in total. The van der Waals surface area contributed by atoms with Gasteiger partial charge in [0.2, 0.25) is 0 Å². The highest BCUT2D eigenvalue weighted by Gasteiger charge is 2.00. The second-order valence-electron chi connectivity index (χ2n) is 4.40. The van der Waals surface area contributed by atoms with Crippen LogP contribution in [0.25, 0.3) is 21.9 Å². The number of fused-ring (bicyclic) bond motifs is 1. The van der Waals surface area contributed by atoms with E-state index in [1.807, 2.05) is 6.07 Å². The summed E-state index contributed by atoms with van der Waals surface area (Å²) in [6.07, 6.45) is 0. The third-order valence-electron chi connectivity index (χ3n) is 3.17. The number of halogens is 1. The van der Waals surface area contributed by atoms with Gasteiger partial charge in [-0.2, -0.15) is 0 Å². The fourth-order valence-electron chi connectivity index (χ4n) is 2.19. The highest BCUT2D eigenvalue weighted by molar-refractivity contribution is 9.08. The maximum absolute atomic E-state index is 3.51. The first-order valence-electron chi connectivity index (χ1n) is 6.01. The Hall–Kier alpha value is -1.60. The molecule has 88 valence electrons. The molecule has 3 rings (SSSR count). The van der Waals surface area contributed by atoms with Gasteiger partial charge in [0.05, 0.1) is 0 Å². The molecular weight excluding hydrogens is 284 g/mol. The molecule has 0 saturated heterocycles. The normalized spacial score (nSPS) is 10.7. The van der Waals surface area contributed by atoms with Gasteiger partial charge in [0, 0.05) is 5.33 Å². The summed E-state index contributed by atoms with van der Waals surface area (Å²) in [5.74, 6) is 0. The van der Waals surface area contributed by atoms with Crippen molar-refractivity contribution in [1.82, 2.24) is 0 Å². The molecule has 0 fully saturated rings. The Bertz CT molecular complexity index is 672. The molecule has 0 heterocycles. The number of rotatable bonds is 2. The first-order chi connectivity index (χ1) is 8.86. The molecule has 0 amide bonds. The molecule has 1 heteroatoms. The topological polar surface area (TPSA) is 0 Å². The van der Waals surface area contributed by atoms with E-state index in [0.717, 1.165) is 5.33 Å². The van der Waals surface area contributed by atoms with Crippen LogP contribution in [0.1, 0.15) is 5.56 Å². The number of hydrogen-bond acceptors (Lipinski definition) is 0. The summed E-state index contributed by atoms with van der Waals surface area (Å²) in [7, 11) is 0. The van der Waals surface area contributed by atoms with Gasteiger partial charge in [0.15, 0.2) is 0 Å². The fourth-order valence-corrected chi connectivity index (χ4v) is 2.54. The van der Waals surface area contributed by atoms with E-state index in [2.05, 4.69) is 76.6 Å². The van der Waals surface area contributed by atoms with E-state index in [4.69, 9.17) is 0 Å². The molecule has 3 aromatic rings. The molecule has 0 aliphatic rings. The van der Waals surface area contributed by atoms with Crippen LogP contribution in [0.15, 0.2) is 66.7 Å². The van der Waals surface area contributed by atoms with Crippen LogP contribution in [-0.4, -0.2) is 0 Å². The summed E-state index contributed by atoms with van der Waals surface area (Å²) >= 11 is 3.51. The van der Waals surface area contributed by atoms with Crippen molar-refractivity contribution in [2.45, 2.75) is 5.33 Å². The third kappa shape index (κ3) is 2.19. The van der Waals surface area contributed by atoms with E-state index < -0.39 is 0 Å². The summed E-state index contributed by atoms with van der Waals surface area (Å²) in [4.78, 5) is 0. The van der Waals surface area contributed by atoms with Gasteiger partial charge in [-0.05, 0) is 33.5 Å². The minimum Gasteiger partial charge on any atom is -0.0876 e. The second-order valence-corrected chi connectivity index (χ2v) is 4.96. The first-order valence-corrected chi connectivity index (χ1v) is 7.13. The third-order valence-corrected chi connectivity index (χ3v) is 3.81. The predicted molar refractivity (Wildman–Crippen MR) is 82.0 cm³/mol. The van der Waals surface area contributed by atoms with Crippen molar-refractivity contribution in [2.24, 2.45) is 0 Å². The summed E-state index contributed by atoms with van der Waals surface area (Å²) in [6, 6.07) is 23.7. The van der Waals surface area contributed by atoms with Gasteiger partial charge < -0.3 is 0 Å². The quantitative estimate of drug-likeness (QED) is 0.555. The first kappa shape index (κ1) is 11.5. The lowest BCUT2D eigenvalue weighted by Gasteiger charge is -2.05. The highest BCUT2D eigenvalue weighted by Crippen LogP contribution is 2.25. The van der Waals surface area contributed by atoms with Gasteiger partial charge in [-0.1, -0.05) is 76.6 Å². The van der Waals surface area contributed by atoms with Gasteiger partial charge in [0.25, 0.3) is 0 Å². The summed E-state index contributed by atoms with van der Waals surface area (Å²) < 4.78 is 0. The van der Waals surface area contributed by atoms with Crippen LogP contribution in [0.4, 0.5) is 0 Å². The zero-order chi connectivity index (χ0) is 12.4. The summed E-state index contributed by atoms with van der Waals surface area (Å²) in [5, 5.41) is 3.49. The van der Waals surface area contributed by atoms with Crippen molar-refractivity contribution < 1.29 is 0 Å². The van der Waals surface area contributed by atoms with Gasteiger partial charge in [-0.3, -0.25) is 0 Å². The van der Waals surface area contributed by atoms with Crippen LogP contribution in [0.2, 0.25) is 0 Å². The van der Waals surface area contributed by atoms with Crippen LogP contribution in [0, 0.1) is 0 Å². The molecule has 0 nitrogen and oxygen atoms in total. The van der Waals surface area contributed by atoms with Crippen LogP contribution in [0.5, 0.6) is 0 Å². The minimum absolute atomic E-state index is 0.901. The van der Waals surface area contributed by atoms with Crippen molar-refractivity contribution >= 4 is 26.7 Å². The lowest BCUT2D eigenvalue weighted by molar-refractivity contribution is 1.46. The Morgan fingerprint density at radius 1 is 0.667 bits per heavy atom. The molecule has 0 radical (unpaired) electrons. The van der Waals surface area contributed by atoms with Crippen LogP contribution in [0.3, 0.4) is 0 Å². The van der Waals surface area contributed by atoms with E-state index in [1.54, 1.807) is 0 Å². The van der Waals surface area contributed by atoms with E-state index in [-0.39, 0.29) is 0 Å². The highest BCUT2D eigenvalue weighted by atomic mass is 79.9. The lowest BCUT2D eigenvalue weighted by atomic mass is 10.0. The number of hydrogen-bond donors (Lipinski definition) is 0. The Morgan fingerprint density at radius 2 is 1.44 bits per heavy atom. The van der Waals surface area contributed by atoms with Crippen molar-refractivity contribution in [1.29, 1.82) is 0 Å². The fraction of sp³-hybridized carbons (Fsp3) is 0.0588. The van der Waals surface area contributed by atoms with E-state index in [1.165, 1.54) is 27.5 Å². The molecule has 0 unspecified atom stereocenters. The van der Waals surface area contributed by atoms with E-state index in [0.29, 0.717) is 0 Å². The lowest BCUT2D eigenvalue weighted by Crippen LogP contribution is -1.81. The van der Waals surface area contributed by atoms with Crippen molar-refractivity contribution in [3.63, 3.8) is 0 Å². The maximum Gasteiger partial charge on any atom is 0.0283 e. The molecule has 3 aromatic carbocycles. The number of alkyl halides is 1. The Morgan fingerprint density at radius 3 is 2.22 bits per heavy atom. The van der Waals surface area contributed by atoms with Crippen molar-refractivity contribution in [3.8, 4) is 11.1 Å². The molecule has 0 atom stereocenters. The zero-order valence-electron chi connectivity index (χ0n) is 9.94. The second kappa shape index (κ2) is 4.95. The molecule has 0 aliphatic carbocycles. The standard InChI is InChI=1S/C17H13Br/c18-12-13-6-7-15-8-9-16(11-17(15)10-13)14-4-2-1-3-5-14/h1-11H,12H2. The maximum atomic E-state index is 3.51. The Kier molecular flexibility index (Phi) is 3.16. The molecule has 0 saturated carbocycles. The van der Waals surface area contributed by atoms with Crippen molar-refractivity contribution in [3.05, 3.63) is 72.3 Å². The van der Waals surface area contributed by atoms with Crippen LogP contribution in [-0.2, 0) is 5.33 Å². The van der Waals surface area contributed by atoms with Gasteiger partial charge in [-0.15, -0.1) is 0 Å². The molecular formula is C17H13Br. The molecule has 0 spiro atoms. The zero-order valence-corrected chi connectivity index (χ0v) is 11.5. The minimum atomic E-state index is 0.901. The van der Waals surface area contributed by atoms with Gasteiger partial charge in [0.1, 0.15) is 0 Å². The Balaban J connectivity index is 2.15. The average molecular weight is 297 g/mol. The molecule has 0 aliphatic heterocycles. The molecule has 0 aromatic heterocycles. The van der Waals surface area contributed by atoms with Crippen LogP contribution >= 0.6 is 15.9 Å². The Labute approximate surface area is 115 Å². The monoisotopic (exact) mass is 296 g/mol. The van der Waals surface area contributed by atoms with Gasteiger partial charge in [-0.25, -0.2) is 0 Å².